The van der Waals surface area contributed by atoms with Crippen LogP contribution in [-0.2, 0) is 9.53 Å². The van der Waals surface area contributed by atoms with E-state index in [0.29, 0.717) is 18.9 Å². The van der Waals surface area contributed by atoms with Crippen molar-refractivity contribution in [2.45, 2.75) is 78.0 Å². The predicted octanol–water partition coefficient (Wildman–Crippen LogP) is 2.27. The van der Waals surface area contributed by atoms with Crippen LogP contribution in [0.1, 0.15) is 60.8 Å². The van der Waals surface area contributed by atoms with E-state index < -0.39 is 5.60 Å². The minimum atomic E-state index is -0.475. The highest BCUT2D eigenvalue weighted by molar-refractivity contribution is 5.75. The van der Waals surface area contributed by atoms with Crippen molar-refractivity contribution in [1.82, 2.24) is 10.2 Å². The second-order valence-electron chi connectivity index (χ2n) is 8.29. The number of hydrogen-bond acceptors (Lipinski definition) is 4. The molecule has 0 saturated carbocycles. The second kappa shape index (κ2) is 7.51. The van der Waals surface area contributed by atoms with Crippen LogP contribution in [0.15, 0.2) is 0 Å². The lowest BCUT2D eigenvalue weighted by Crippen LogP contribution is -2.53. The lowest BCUT2D eigenvalue weighted by atomic mass is 9.89. The van der Waals surface area contributed by atoms with Crippen LogP contribution in [0.25, 0.3) is 0 Å². The maximum Gasteiger partial charge on any atom is 0.410 e. The Kier molecular flexibility index (Phi) is 6.45. The second-order valence-corrected chi connectivity index (χ2v) is 8.29. The topological polar surface area (TPSA) is 84.7 Å². The lowest BCUT2D eigenvalue weighted by molar-refractivity contribution is -0.119. The highest BCUT2D eigenvalue weighted by Crippen LogP contribution is 2.23. The predicted molar refractivity (Wildman–Crippen MR) is 91.0 cm³/mol. The van der Waals surface area contributed by atoms with E-state index in [1.807, 2.05) is 34.6 Å². The minimum absolute atomic E-state index is 0.189. The van der Waals surface area contributed by atoms with Gasteiger partial charge >= 0.3 is 6.09 Å². The number of carbonyl (C=O) groups is 2. The Morgan fingerprint density at radius 3 is 2.43 bits per heavy atom. The number of amides is 2. The molecule has 0 aromatic carbocycles. The summed E-state index contributed by atoms with van der Waals surface area (Å²) < 4.78 is 5.46. The van der Waals surface area contributed by atoms with Crippen LogP contribution in [-0.4, -0.2) is 47.2 Å². The summed E-state index contributed by atoms with van der Waals surface area (Å²) in [5.41, 5.74) is 4.48. The Labute approximate surface area is 140 Å². The fourth-order valence-electron chi connectivity index (χ4n) is 3.13. The van der Waals surface area contributed by atoms with E-state index in [2.05, 4.69) is 12.2 Å². The molecule has 2 amide bonds. The molecular formula is C17H33N3O3. The van der Waals surface area contributed by atoms with Gasteiger partial charge in [0, 0.05) is 31.1 Å². The van der Waals surface area contributed by atoms with Gasteiger partial charge in [0.15, 0.2) is 0 Å². The molecule has 3 N–H and O–H groups in total. The Morgan fingerprint density at radius 2 is 1.91 bits per heavy atom. The molecule has 0 bridgehead atoms. The smallest absolute Gasteiger partial charge is 0.410 e. The van der Waals surface area contributed by atoms with Crippen LogP contribution in [0.5, 0.6) is 0 Å². The first-order chi connectivity index (χ1) is 10.4. The number of primary amides is 1. The van der Waals surface area contributed by atoms with Crippen molar-refractivity contribution >= 4 is 12.0 Å². The molecule has 1 aliphatic heterocycles. The average Bonchev–Trinajstić information content (AvgIpc) is 2.34. The highest BCUT2D eigenvalue weighted by Gasteiger charge is 2.32. The number of carbonyl (C=O) groups excluding carboxylic acids is 2. The molecule has 134 valence electrons. The maximum atomic E-state index is 12.2. The molecule has 0 spiro atoms. The van der Waals surface area contributed by atoms with Gasteiger partial charge in [-0.1, -0.05) is 0 Å². The number of hydrogen-bond donors (Lipinski definition) is 2. The molecular weight excluding hydrogens is 294 g/mol. The minimum Gasteiger partial charge on any atom is -0.444 e. The summed E-state index contributed by atoms with van der Waals surface area (Å²) in [5.74, 6) is 0.0251. The number of ether oxygens (including phenoxy) is 1. The van der Waals surface area contributed by atoms with Gasteiger partial charge in [-0.2, -0.15) is 0 Å². The Balaban J connectivity index is 2.60. The van der Waals surface area contributed by atoms with Crippen LogP contribution < -0.4 is 11.1 Å². The molecule has 0 aromatic rings. The summed E-state index contributed by atoms with van der Waals surface area (Å²) in [6, 6.07) is 0.189. The van der Waals surface area contributed by atoms with Gasteiger partial charge in [-0.25, -0.2) is 4.79 Å². The molecule has 1 heterocycles. The van der Waals surface area contributed by atoms with E-state index in [1.165, 1.54) is 0 Å². The van der Waals surface area contributed by atoms with Gasteiger partial charge in [-0.3, -0.25) is 4.79 Å². The van der Waals surface area contributed by atoms with Crippen LogP contribution in [0.2, 0.25) is 0 Å². The molecule has 1 saturated heterocycles. The van der Waals surface area contributed by atoms with E-state index in [0.717, 1.165) is 19.4 Å². The first-order valence-electron chi connectivity index (χ1n) is 8.43. The van der Waals surface area contributed by atoms with Crippen molar-refractivity contribution in [1.29, 1.82) is 0 Å². The van der Waals surface area contributed by atoms with E-state index >= 15 is 0 Å². The molecule has 2 unspecified atom stereocenters. The van der Waals surface area contributed by atoms with Gasteiger partial charge in [0.2, 0.25) is 5.91 Å². The molecule has 0 aromatic heterocycles. The van der Waals surface area contributed by atoms with Gasteiger partial charge < -0.3 is 20.7 Å². The summed E-state index contributed by atoms with van der Waals surface area (Å²) in [6.07, 6.45) is 2.07. The van der Waals surface area contributed by atoms with Gasteiger partial charge in [-0.05, 0) is 60.3 Å². The largest absolute Gasteiger partial charge is 0.444 e. The van der Waals surface area contributed by atoms with Crippen LogP contribution in [0.4, 0.5) is 4.79 Å². The van der Waals surface area contributed by atoms with Gasteiger partial charge in [0.25, 0.3) is 0 Å². The van der Waals surface area contributed by atoms with E-state index in [1.54, 1.807) is 4.90 Å². The summed E-state index contributed by atoms with van der Waals surface area (Å²) >= 11 is 0. The fraction of sp³-hybridized carbons (Fsp3) is 0.882. The molecule has 1 rings (SSSR count). The molecule has 6 heteroatoms. The summed E-state index contributed by atoms with van der Waals surface area (Å²) in [5, 5.41) is 3.49. The van der Waals surface area contributed by atoms with Crippen molar-refractivity contribution in [2.75, 3.05) is 13.1 Å². The van der Waals surface area contributed by atoms with Crippen molar-refractivity contribution < 1.29 is 14.3 Å². The Morgan fingerprint density at radius 1 is 1.30 bits per heavy atom. The van der Waals surface area contributed by atoms with Crippen LogP contribution in [0, 0.1) is 5.92 Å². The number of nitrogens with two attached hydrogens (primary N) is 1. The highest BCUT2D eigenvalue weighted by atomic mass is 16.6. The third kappa shape index (κ3) is 7.20. The van der Waals surface area contributed by atoms with Gasteiger partial charge in [-0.15, -0.1) is 0 Å². The molecule has 23 heavy (non-hydrogen) atoms. The van der Waals surface area contributed by atoms with Crippen LogP contribution in [0.3, 0.4) is 0 Å². The number of likely N-dealkylation sites (tertiary alicyclic amines) is 1. The normalized spacial score (nSPS) is 21.0. The summed E-state index contributed by atoms with van der Waals surface area (Å²) in [6.45, 7) is 13.1. The quantitative estimate of drug-likeness (QED) is 0.811. The van der Waals surface area contributed by atoms with E-state index in [9.17, 15) is 9.59 Å². The molecule has 1 aliphatic rings. The zero-order valence-electron chi connectivity index (χ0n) is 15.4. The monoisotopic (exact) mass is 327 g/mol. The van der Waals surface area contributed by atoms with E-state index in [-0.39, 0.29) is 23.6 Å². The zero-order chi connectivity index (χ0) is 17.8. The number of nitrogens with zero attached hydrogens (tertiary/aromatic N) is 1. The molecule has 2 atom stereocenters. The van der Waals surface area contributed by atoms with Crippen molar-refractivity contribution in [3.63, 3.8) is 0 Å². The third-order valence-corrected chi connectivity index (χ3v) is 4.05. The molecule has 6 nitrogen and oxygen atoms in total. The summed E-state index contributed by atoms with van der Waals surface area (Å²) in [4.78, 5) is 25.2. The number of rotatable bonds is 5. The Bertz CT molecular complexity index is 429. The molecule has 0 aliphatic carbocycles. The standard InChI is InChI=1S/C17H33N3O3/c1-12(19-17(5,6)10-14(18)21)13-8-7-9-20(11-13)15(22)23-16(2,3)4/h12-13,19H,7-11H2,1-6H3,(H2,18,21). The van der Waals surface area contributed by atoms with Gasteiger partial charge in [0.1, 0.15) is 5.60 Å². The molecule has 0 radical (unpaired) electrons. The lowest BCUT2D eigenvalue weighted by Gasteiger charge is -2.39. The van der Waals surface area contributed by atoms with Crippen molar-refractivity contribution in [3.8, 4) is 0 Å². The average molecular weight is 327 g/mol. The van der Waals surface area contributed by atoms with Crippen molar-refractivity contribution in [3.05, 3.63) is 0 Å². The van der Waals surface area contributed by atoms with Crippen LogP contribution >= 0.6 is 0 Å². The Hall–Kier alpha value is -1.30. The number of nitrogens with one attached hydrogen (secondary N) is 1. The first kappa shape index (κ1) is 19.7. The number of piperidine rings is 1. The SMILES string of the molecule is CC(NC(C)(C)CC(N)=O)C1CCCN(C(=O)OC(C)(C)C)C1. The first-order valence-corrected chi connectivity index (χ1v) is 8.43. The molecule has 1 fully saturated rings. The fourth-order valence-corrected chi connectivity index (χ4v) is 3.13. The third-order valence-electron chi connectivity index (χ3n) is 4.05. The summed E-state index contributed by atoms with van der Waals surface area (Å²) in [7, 11) is 0. The van der Waals surface area contributed by atoms with Crippen molar-refractivity contribution in [2.24, 2.45) is 11.7 Å². The van der Waals surface area contributed by atoms with Gasteiger partial charge in [0.05, 0.1) is 0 Å². The zero-order valence-corrected chi connectivity index (χ0v) is 15.4. The maximum absolute atomic E-state index is 12.2. The van der Waals surface area contributed by atoms with E-state index in [4.69, 9.17) is 10.5 Å².